The van der Waals surface area contributed by atoms with E-state index in [0.717, 1.165) is 24.0 Å². The van der Waals surface area contributed by atoms with E-state index in [1.54, 1.807) is 20.3 Å². The minimum Gasteiger partial charge on any atom is -0.496 e. The van der Waals surface area contributed by atoms with Crippen LogP contribution in [0, 0.1) is 5.92 Å². The highest BCUT2D eigenvalue weighted by Gasteiger charge is 2.28. The van der Waals surface area contributed by atoms with Crippen LogP contribution < -0.4 is 4.74 Å². The van der Waals surface area contributed by atoms with E-state index in [0.29, 0.717) is 23.8 Å². The number of carbonyl (C=O) groups is 1. The summed E-state index contributed by atoms with van der Waals surface area (Å²) in [5.41, 5.74) is 0.615. The van der Waals surface area contributed by atoms with Gasteiger partial charge in [0.1, 0.15) is 5.75 Å². The number of carbonyl (C=O) groups excluding carboxylic acids is 1. The highest BCUT2D eigenvalue weighted by molar-refractivity contribution is 9.10. The van der Waals surface area contributed by atoms with Crippen molar-refractivity contribution in [3.05, 3.63) is 28.2 Å². The van der Waals surface area contributed by atoms with Crippen LogP contribution in [0.5, 0.6) is 5.75 Å². The molecule has 1 aromatic rings. The highest BCUT2D eigenvalue weighted by atomic mass is 79.9. The molecule has 1 saturated heterocycles. The van der Waals surface area contributed by atoms with Crippen molar-refractivity contribution in [2.24, 2.45) is 5.92 Å². The molecule has 0 N–H and O–H groups in total. The molecule has 5 heteroatoms. The zero-order valence-corrected chi connectivity index (χ0v) is 12.8. The van der Waals surface area contributed by atoms with Crippen molar-refractivity contribution in [1.82, 2.24) is 4.90 Å². The Morgan fingerprint density at radius 3 is 2.95 bits per heavy atom. The van der Waals surface area contributed by atoms with Crippen LogP contribution in [0.25, 0.3) is 0 Å². The first-order valence-electron chi connectivity index (χ1n) is 6.27. The first-order chi connectivity index (χ1) is 9.15. The number of rotatable bonds is 4. The lowest BCUT2D eigenvalue weighted by molar-refractivity contribution is 0.0772. The first kappa shape index (κ1) is 14.3. The second kappa shape index (κ2) is 6.39. The number of hydrogen-bond donors (Lipinski definition) is 0. The van der Waals surface area contributed by atoms with Gasteiger partial charge in [0.2, 0.25) is 0 Å². The van der Waals surface area contributed by atoms with Crippen molar-refractivity contribution in [3.63, 3.8) is 0 Å². The average molecular weight is 328 g/mol. The number of likely N-dealkylation sites (tertiary alicyclic amines) is 1. The van der Waals surface area contributed by atoms with Gasteiger partial charge in [0.05, 0.1) is 19.3 Å². The fourth-order valence-corrected chi connectivity index (χ4v) is 2.74. The summed E-state index contributed by atoms with van der Waals surface area (Å²) in [5, 5.41) is 0. The summed E-state index contributed by atoms with van der Waals surface area (Å²) in [5.74, 6) is 1.08. The van der Waals surface area contributed by atoms with E-state index in [1.165, 1.54) is 0 Å². The second-order valence-corrected chi connectivity index (χ2v) is 5.62. The lowest BCUT2D eigenvalue weighted by atomic mass is 10.1. The van der Waals surface area contributed by atoms with E-state index in [-0.39, 0.29) is 5.91 Å². The van der Waals surface area contributed by atoms with Gasteiger partial charge in [-0.25, -0.2) is 0 Å². The Morgan fingerprint density at radius 2 is 2.26 bits per heavy atom. The third-order valence-corrected chi connectivity index (χ3v) is 3.86. The predicted octanol–water partition coefficient (Wildman–Crippen LogP) is 2.57. The first-order valence-corrected chi connectivity index (χ1v) is 7.06. The topological polar surface area (TPSA) is 38.8 Å². The van der Waals surface area contributed by atoms with Crippen molar-refractivity contribution in [3.8, 4) is 5.75 Å². The summed E-state index contributed by atoms with van der Waals surface area (Å²) in [4.78, 5) is 14.3. The van der Waals surface area contributed by atoms with Gasteiger partial charge in [-0.2, -0.15) is 0 Å². The van der Waals surface area contributed by atoms with Gasteiger partial charge in [-0.05, 0) is 24.6 Å². The normalized spacial score (nSPS) is 18.7. The maximum absolute atomic E-state index is 12.5. The zero-order valence-electron chi connectivity index (χ0n) is 11.2. The molecule has 1 aromatic carbocycles. The summed E-state index contributed by atoms with van der Waals surface area (Å²) in [6.07, 6.45) is 0.998. The van der Waals surface area contributed by atoms with Crippen LogP contribution in [0.15, 0.2) is 22.7 Å². The predicted molar refractivity (Wildman–Crippen MR) is 76.6 cm³/mol. The number of amides is 1. The maximum Gasteiger partial charge on any atom is 0.257 e. The minimum atomic E-state index is 0.0305. The molecule has 1 unspecified atom stereocenters. The number of methoxy groups -OCH3 is 2. The van der Waals surface area contributed by atoms with E-state index < -0.39 is 0 Å². The maximum atomic E-state index is 12.5. The smallest absolute Gasteiger partial charge is 0.257 e. The zero-order chi connectivity index (χ0) is 13.8. The molecular formula is C14H18BrNO3. The molecule has 2 rings (SSSR count). The van der Waals surface area contributed by atoms with E-state index in [2.05, 4.69) is 15.9 Å². The Hall–Kier alpha value is -1.07. The molecule has 0 aliphatic carbocycles. The Bertz CT molecular complexity index is 464. The third kappa shape index (κ3) is 3.28. The van der Waals surface area contributed by atoms with Crippen molar-refractivity contribution in [2.45, 2.75) is 6.42 Å². The van der Waals surface area contributed by atoms with Gasteiger partial charge in [0, 0.05) is 30.6 Å². The Kier molecular flexibility index (Phi) is 4.82. The molecule has 1 fully saturated rings. The van der Waals surface area contributed by atoms with Gasteiger partial charge in [-0.15, -0.1) is 0 Å². The molecule has 0 spiro atoms. The van der Waals surface area contributed by atoms with Gasteiger partial charge >= 0.3 is 0 Å². The van der Waals surface area contributed by atoms with Gasteiger partial charge < -0.3 is 14.4 Å². The Morgan fingerprint density at radius 1 is 1.47 bits per heavy atom. The largest absolute Gasteiger partial charge is 0.496 e. The molecule has 1 aliphatic heterocycles. The fraction of sp³-hybridized carbons (Fsp3) is 0.500. The molecule has 1 amide bonds. The molecular weight excluding hydrogens is 310 g/mol. The third-order valence-electron chi connectivity index (χ3n) is 3.37. The summed E-state index contributed by atoms with van der Waals surface area (Å²) in [6.45, 7) is 2.25. The van der Waals surface area contributed by atoms with Crippen LogP contribution in [-0.2, 0) is 4.74 Å². The van der Waals surface area contributed by atoms with Crippen LogP contribution in [0.1, 0.15) is 16.8 Å². The van der Waals surface area contributed by atoms with Crippen LogP contribution in [0.2, 0.25) is 0 Å². The molecule has 0 saturated carbocycles. The highest BCUT2D eigenvalue weighted by Crippen LogP contribution is 2.27. The molecule has 104 valence electrons. The number of ether oxygens (including phenoxy) is 2. The quantitative estimate of drug-likeness (QED) is 0.853. The molecule has 19 heavy (non-hydrogen) atoms. The standard InChI is InChI=1S/C14H18BrNO3/c1-18-9-10-5-6-16(8-10)14(17)12-4-3-11(15)7-13(12)19-2/h3-4,7,10H,5-6,8-9H2,1-2H3. The van der Waals surface area contributed by atoms with Crippen molar-refractivity contribution >= 4 is 21.8 Å². The number of hydrogen-bond acceptors (Lipinski definition) is 3. The number of halogens is 1. The van der Waals surface area contributed by atoms with Crippen molar-refractivity contribution in [1.29, 1.82) is 0 Å². The average Bonchev–Trinajstić information content (AvgIpc) is 2.87. The van der Waals surface area contributed by atoms with E-state index >= 15 is 0 Å². The van der Waals surface area contributed by atoms with Crippen molar-refractivity contribution < 1.29 is 14.3 Å². The van der Waals surface area contributed by atoms with Crippen molar-refractivity contribution in [2.75, 3.05) is 33.9 Å². The fourth-order valence-electron chi connectivity index (χ4n) is 2.40. The molecule has 0 bridgehead atoms. The summed E-state index contributed by atoms with van der Waals surface area (Å²) in [7, 11) is 3.28. The Balaban J connectivity index is 2.12. The van der Waals surface area contributed by atoms with E-state index in [1.807, 2.05) is 17.0 Å². The second-order valence-electron chi connectivity index (χ2n) is 4.71. The van der Waals surface area contributed by atoms with Gasteiger partial charge in [-0.1, -0.05) is 15.9 Å². The summed E-state index contributed by atoms with van der Waals surface area (Å²) >= 11 is 3.38. The van der Waals surface area contributed by atoms with Crippen LogP contribution >= 0.6 is 15.9 Å². The van der Waals surface area contributed by atoms with E-state index in [9.17, 15) is 4.79 Å². The van der Waals surface area contributed by atoms with Crippen LogP contribution in [0.3, 0.4) is 0 Å². The molecule has 0 radical (unpaired) electrons. The molecule has 1 atom stereocenters. The number of nitrogens with zero attached hydrogens (tertiary/aromatic N) is 1. The SMILES string of the molecule is COCC1CCN(C(=O)c2ccc(Br)cc2OC)C1. The van der Waals surface area contributed by atoms with E-state index in [4.69, 9.17) is 9.47 Å². The summed E-state index contributed by atoms with van der Waals surface area (Å²) < 4.78 is 11.3. The molecule has 4 nitrogen and oxygen atoms in total. The summed E-state index contributed by atoms with van der Waals surface area (Å²) in [6, 6.07) is 5.48. The Labute approximate surface area is 121 Å². The minimum absolute atomic E-state index is 0.0305. The monoisotopic (exact) mass is 327 g/mol. The van der Waals surface area contributed by atoms with Crippen LogP contribution in [-0.4, -0.2) is 44.7 Å². The molecule has 1 heterocycles. The van der Waals surface area contributed by atoms with Gasteiger partial charge in [0.25, 0.3) is 5.91 Å². The molecule has 1 aliphatic rings. The number of benzene rings is 1. The van der Waals surface area contributed by atoms with Gasteiger partial charge in [0.15, 0.2) is 0 Å². The van der Waals surface area contributed by atoms with Gasteiger partial charge in [-0.3, -0.25) is 4.79 Å². The van der Waals surface area contributed by atoms with Crippen LogP contribution in [0.4, 0.5) is 0 Å². The lowest BCUT2D eigenvalue weighted by Gasteiger charge is -2.18. The lowest BCUT2D eigenvalue weighted by Crippen LogP contribution is -2.29. The molecule has 0 aromatic heterocycles.